The van der Waals surface area contributed by atoms with Gasteiger partial charge in [-0.2, -0.15) is 0 Å². The molecule has 1 heterocycles. The quantitative estimate of drug-likeness (QED) is 0.610. The van der Waals surface area contributed by atoms with E-state index < -0.39 is 0 Å². The van der Waals surface area contributed by atoms with Crippen LogP contribution in [0.2, 0.25) is 0 Å². The van der Waals surface area contributed by atoms with Crippen molar-refractivity contribution in [2.75, 3.05) is 24.6 Å². The van der Waals surface area contributed by atoms with E-state index in [1.165, 1.54) is 0 Å². The summed E-state index contributed by atoms with van der Waals surface area (Å²) in [6.45, 7) is 4.38. The number of hydrogen-bond donors (Lipinski definition) is 0. The summed E-state index contributed by atoms with van der Waals surface area (Å²) in [5, 5.41) is 11.2. The number of nitro benzene ring substituents is 1. The summed E-state index contributed by atoms with van der Waals surface area (Å²) in [4.78, 5) is 12.9. The Morgan fingerprint density at radius 1 is 1.42 bits per heavy atom. The van der Waals surface area contributed by atoms with Gasteiger partial charge in [-0.3, -0.25) is 10.1 Å². The molecule has 0 aliphatic carbocycles. The third-order valence-electron chi connectivity index (χ3n) is 3.13. The Morgan fingerprint density at radius 2 is 2.11 bits per heavy atom. The first-order valence-electron chi connectivity index (χ1n) is 6.49. The van der Waals surface area contributed by atoms with E-state index in [1.54, 1.807) is 12.1 Å². The molecule has 0 spiro atoms. The van der Waals surface area contributed by atoms with Crippen LogP contribution in [0, 0.1) is 10.1 Å². The van der Waals surface area contributed by atoms with Crippen molar-refractivity contribution in [3.05, 3.63) is 26.7 Å². The fourth-order valence-electron chi connectivity index (χ4n) is 2.21. The first-order chi connectivity index (χ1) is 9.13. The van der Waals surface area contributed by atoms with E-state index in [1.807, 2.05) is 6.92 Å². The Balaban J connectivity index is 2.38. The summed E-state index contributed by atoms with van der Waals surface area (Å²) >= 11 is 3.34. The van der Waals surface area contributed by atoms with Crippen LogP contribution < -0.4 is 9.64 Å². The molecule has 0 bridgehead atoms. The van der Waals surface area contributed by atoms with Crippen molar-refractivity contribution < 1.29 is 9.66 Å². The molecule has 1 saturated heterocycles. The van der Waals surface area contributed by atoms with Crippen molar-refractivity contribution in [1.82, 2.24) is 0 Å². The third-order valence-corrected chi connectivity index (χ3v) is 3.75. The zero-order valence-electron chi connectivity index (χ0n) is 10.9. The van der Waals surface area contributed by atoms with Crippen LogP contribution in [0.25, 0.3) is 0 Å². The van der Waals surface area contributed by atoms with E-state index in [2.05, 4.69) is 20.8 Å². The third kappa shape index (κ3) is 3.18. The van der Waals surface area contributed by atoms with Crippen LogP contribution >= 0.6 is 15.9 Å². The predicted octanol–water partition coefficient (Wildman–Crippen LogP) is 3.75. The van der Waals surface area contributed by atoms with E-state index in [9.17, 15) is 10.1 Å². The maximum absolute atomic E-state index is 11.2. The molecule has 104 valence electrons. The van der Waals surface area contributed by atoms with Crippen LogP contribution in [0.4, 0.5) is 11.4 Å². The van der Waals surface area contributed by atoms with E-state index in [-0.39, 0.29) is 10.6 Å². The van der Waals surface area contributed by atoms with E-state index >= 15 is 0 Å². The lowest BCUT2D eigenvalue weighted by atomic mass is 10.2. The summed E-state index contributed by atoms with van der Waals surface area (Å²) in [6.07, 6.45) is 3.07. The molecule has 0 amide bonds. The molecule has 0 unspecified atom stereocenters. The molecule has 0 radical (unpaired) electrons. The van der Waals surface area contributed by atoms with Crippen molar-refractivity contribution in [2.24, 2.45) is 0 Å². The molecule has 0 saturated carbocycles. The molecule has 0 aromatic heterocycles. The number of benzene rings is 1. The highest BCUT2D eigenvalue weighted by Crippen LogP contribution is 2.39. The van der Waals surface area contributed by atoms with E-state index in [0.717, 1.165) is 32.4 Å². The van der Waals surface area contributed by atoms with Crippen molar-refractivity contribution >= 4 is 27.3 Å². The summed E-state index contributed by atoms with van der Waals surface area (Å²) < 4.78 is 6.26. The number of nitro groups is 1. The summed E-state index contributed by atoms with van der Waals surface area (Å²) in [5.41, 5.74) is 0.800. The second-order valence-electron chi connectivity index (χ2n) is 4.57. The highest BCUT2D eigenvalue weighted by atomic mass is 79.9. The monoisotopic (exact) mass is 328 g/mol. The van der Waals surface area contributed by atoms with Gasteiger partial charge < -0.3 is 9.64 Å². The van der Waals surface area contributed by atoms with Crippen LogP contribution in [0.15, 0.2) is 16.6 Å². The van der Waals surface area contributed by atoms with Gasteiger partial charge in [0.1, 0.15) is 11.4 Å². The molecule has 1 aliphatic rings. The molecule has 0 N–H and O–H groups in total. The molecule has 6 heteroatoms. The lowest BCUT2D eigenvalue weighted by Gasteiger charge is -2.19. The fourth-order valence-corrected chi connectivity index (χ4v) is 2.66. The maximum Gasteiger partial charge on any atom is 0.293 e. The number of nitrogens with zero attached hydrogens (tertiary/aromatic N) is 2. The number of hydrogen-bond acceptors (Lipinski definition) is 4. The zero-order chi connectivity index (χ0) is 13.8. The van der Waals surface area contributed by atoms with Crippen LogP contribution in [-0.2, 0) is 0 Å². The lowest BCUT2D eigenvalue weighted by molar-refractivity contribution is -0.384. The number of anilines is 1. The molecule has 1 aromatic carbocycles. The Bertz CT molecular complexity index is 473. The predicted molar refractivity (Wildman–Crippen MR) is 78.0 cm³/mol. The minimum absolute atomic E-state index is 0.137. The lowest BCUT2D eigenvalue weighted by Crippen LogP contribution is -2.19. The van der Waals surface area contributed by atoms with Gasteiger partial charge in [0.15, 0.2) is 0 Å². The first-order valence-corrected chi connectivity index (χ1v) is 7.28. The number of ether oxygens (including phenoxy) is 1. The van der Waals surface area contributed by atoms with Crippen molar-refractivity contribution in [2.45, 2.75) is 26.2 Å². The van der Waals surface area contributed by atoms with Gasteiger partial charge in [-0.05, 0) is 35.2 Å². The Kier molecular flexibility index (Phi) is 4.63. The summed E-state index contributed by atoms with van der Waals surface area (Å²) in [5.74, 6) is 0.675. The summed E-state index contributed by atoms with van der Waals surface area (Å²) in [6, 6.07) is 3.32. The molecular formula is C13H17BrN2O3. The van der Waals surface area contributed by atoms with Crippen molar-refractivity contribution in [3.63, 3.8) is 0 Å². The molecule has 0 atom stereocenters. The second-order valence-corrected chi connectivity index (χ2v) is 5.43. The average molecular weight is 329 g/mol. The molecule has 1 aromatic rings. The smallest absolute Gasteiger partial charge is 0.293 e. The Hall–Kier alpha value is -1.30. The average Bonchev–Trinajstić information content (AvgIpc) is 2.90. The highest BCUT2D eigenvalue weighted by molar-refractivity contribution is 9.10. The SMILES string of the molecule is CCCOc1cc(N2CCCC2)c([N+](=O)[O-])cc1Br. The van der Waals surface area contributed by atoms with Gasteiger partial charge in [0, 0.05) is 25.2 Å². The van der Waals surface area contributed by atoms with Gasteiger partial charge in [0.2, 0.25) is 0 Å². The van der Waals surface area contributed by atoms with Crippen LogP contribution in [0.3, 0.4) is 0 Å². The minimum atomic E-state index is -0.331. The molecule has 5 nitrogen and oxygen atoms in total. The first kappa shape index (κ1) is 14.1. The Morgan fingerprint density at radius 3 is 2.68 bits per heavy atom. The topological polar surface area (TPSA) is 55.6 Å². The molecule has 1 aliphatic heterocycles. The molecule has 19 heavy (non-hydrogen) atoms. The summed E-state index contributed by atoms with van der Waals surface area (Å²) in [7, 11) is 0. The standard InChI is InChI=1S/C13H17BrN2O3/c1-2-7-19-13-9-11(15-5-3-4-6-15)12(16(17)18)8-10(13)14/h8-9H,2-7H2,1H3. The van der Waals surface area contributed by atoms with Gasteiger partial charge >= 0.3 is 0 Å². The minimum Gasteiger partial charge on any atom is -0.492 e. The van der Waals surface area contributed by atoms with E-state index in [4.69, 9.17) is 4.74 Å². The normalized spacial score (nSPS) is 14.7. The van der Waals surface area contributed by atoms with Crippen LogP contribution in [-0.4, -0.2) is 24.6 Å². The largest absolute Gasteiger partial charge is 0.492 e. The van der Waals surface area contributed by atoms with E-state index in [0.29, 0.717) is 22.5 Å². The van der Waals surface area contributed by atoms with Gasteiger partial charge in [-0.1, -0.05) is 6.92 Å². The fraction of sp³-hybridized carbons (Fsp3) is 0.538. The van der Waals surface area contributed by atoms with Crippen LogP contribution in [0.1, 0.15) is 26.2 Å². The van der Waals surface area contributed by atoms with Crippen molar-refractivity contribution in [3.8, 4) is 5.75 Å². The zero-order valence-corrected chi connectivity index (χ0v) is 12.5. The van der Waals surface area contributed by atoms with Gasteiger partial charge in [-0.15, -0.1) is 0 Å². The van der Waals surface area contributed by atoms with Gasteiger partial charge in [-0.25, -0.2) is 0 Å². The molecular weight excluding hydrogens is 312 g/mol. The maximum atomic E-state index is 11.2. The number of halogens is 1. The second kappa shape index (κ2) is 6.23. The molecule has 1 fully saturated rings. The highest BCUT2D eigenvalue weighted by Gasteiger charge is 2.24. The Labute approximate surface area is 120 Å². The number of rotatable bonds is 5. The van der Waals surface area contributed by atoms with Crippen molar-refractivity contribution in [1.29, 1.82) is 0 Å². The molecule has 2 rings (SSSR count). The van der Waals surface area contributed by atoms with Gasteiger partial charge in [0.05, 0.1) is 16.0 Å². The van der Waals surface area contributed by atoms with Crippen LogP contribution in [0.5, 0.6) is 5.75 Å². The van der Waals surface area contributed by atoms with Gasteiger partial charge in [0.25, 0.3) is 5.69 Å².